The number of nitrogens with one attached hydrogen (secondary N) is 1. The zero-order valence-corrected chi connectivity index (χ0v) is 10.4. The third-order valence-electron chi connectivity index (χ3n) is 3.03. The SMILES string of the molecule is Nc1c(Nc2ccc(F)cc2F)ccc2ncccc12. The summed E-state index contributed by atoms with van der Waals surface area (Å²) in [7, 11) is 0. The monoisotopic (exact) mass is 271 g/mol. The molecule has 0 aliphatic heterocycles. The highest BCUT2D eigenvalue weighted by atomic mass is 19.1. The van der Waals surface area contributed by atoms with Crippen LogP contribution in [0, 0.1) is 11.6 Å². The summed E-state index contributed by atoms with van der Waals surface area (Å²) in [5.74, 6) is -1.29. The zero-order valence-electron chi connectivity index (χ0n) is 10.4. The number of hydrogen-bond donors (Lipinski definition) is 2. The Morgan fingerprint density at radius 1 is 1.00 bits per heavy atom. The van der Waals surface area contributed by atoms with E-state index in [4.69, 9.17) is 5.73 Å². The first-order chi connectivity index (χ1) is 9.65. The molecule has 0 spiro atoms. The quantitative estimate of drug-likeness (QED) is 0.696. The summed E-state index contributed by atoms with van der Waals surface area (Å²) in [6.45, 7) is 0. The van der Waals surface area contributed by atoms with E-state index in [1.165, 1.54) is 12.1 Å². The molecule has 3 rings (SSSR count). The first-order valence-electron chi connectivity index (χ1n) is 6.00. The van der Waals surface area contributed by atoms with Crippen LogP contribution in [-0.2, 0) is 0 Å². The van der Waals surface area contributed by atoms with Gasteiger partial charge >= 0.3 is 0 Å². The molecule has 1 aromatic heterocycles. The smallest absolute Gasteiger partial charge is 0.149 e. The van der Waals surface area contributed by atoms with E-state index in [1.807, 2.05) is 6.07 Å². The van der Waals surface area contributed by atoms with Crippen LogP contribution >= 0.6 is 0 Å². The molecule has 0 saturated carbocycles. The number of nitrogens with zero attached hydrogens (tertiary/aromatic N) is 1. The second-order valence-corrected chi connectivity index (χ2v) is 4.35. The predicted octanol–water partition coefficient (Wildman–Crippen LogP) is 3.84. The lowest BCUT2D eigenvalue weighted by Gasteiger charge is -2.12. The van der Waals surface area contributed by atoms with E-state index in [0.29, 0.717) is 11.4 Å². The van der Waals surface area contributed by atoms with E-state index in [-0.39, 0.29) is 5.69 Å². The van der Waals surface area contributed by atoms with Crippen LogP contribution in [0.15, 0.2) is 48.7 Å². The number of fused-ring (bicyclic) bond motifs is 1. The molecule has 0 aliphatic rings. The molecule has 1 heterocycles. The van der Waals surface area contributed by atoms with Gasteiger partial charge in [-0.3, -0.25) is 4.98 Å². The molecule has 3 aromatic rings. The van der Waals surface area contributed by atoms with Crippen molar-refractivity contribution in [3.05, 3.63) is 60.3 Å². The molecule has 0 bridgehead atoms. The summed E-state index contributed by atoms with van der Waals surface area (Å²) in [5, 5.41) is 3.64. The Balaban J connectivity index is 2.04. The number of rotatable bonds is 2. The van der Waals surface area contributed by atoms with Crippen LogP contribution in [0.25, 0.3) is 10.9 Å². The van der Waals surface area contributed by atoms with Crippen LogP contribution in [0.1, 0.15) is 0 Å². The average molecular weight is 271 g/mol. The topological polar surface area (TPSA) is 50.9 Å². The maximum atomic E-state index is 13.6. The zero-order chi connectivity index (χ0) is 14.1. The number of anilines is 3. The highest BCUT2D eigenvalue weighted by Gasteiger charge is 2.08. The third kappa shape index (κ3) is 2.14. The molecule has 3 nitrogen and oxygen atoms in total. The van der Waals surface area contributed by atoms with Crippen molar-refractivity contribution in [3.63, 3.8) is 0 Å². The number of pyridine rings is 1. The van der Waals surface area contributed by atoms with Crippen LogP contribution in [-0.4, -0.2) is 4.98 Å². The predicted molar refractivity (Wildman–Crippen MR) is 75.8 cm³/mol. The van der Waals surface area contributed by atoms with E-state index < -0.39 is 11.6 Å². The van der Waals surface area contributed by atoms with Gasteiger partial charge in [0.1, 0.15) is 11.6 Å². The molecular weight excluding hydrogens is 260 g/mol. The number of hydrogen-bond acceptors (Lipinski definition) is 3. The normalized spacial score (nSPS) is 10.7. The summed E-state index contributed by atoms with van der Waals surface area (Å²) in [6.07, 6.45) is 1.68. The Labute approximate surface area is 114 Å². The van der Waals surface area contributed by atoms with E-state index in [9.17, 15) is 8.78 Å². The van der Waals surface area contributed by atoms with Crippen LogP contribution in [0.3, 0.4) is 0 Å². The molecule has 2 aromatic carbocycles. The average Bonchev–Trinajstić information content (AvgIpc) is 2.45. The maximum absolute atomic E-state index is 13.6. The highest BCUT2D eigenvalue weighted by molar-refractivity contribution is 5.97. The van der Waals surface area contributed by atoms with Crippen molar-refractivity contribution < 1.29 is 8.78 Å². The van der Waals surface area contributed by atoms with Gasteiger partial charge in [0.05, 0.1) is 22.6 Å². The van der Waals surface area contributed by atoms with Gasteiger partial charge in [0.15, 0.2) is 0 Å². The summed E-state index contributed by atoms with van der Waals surface area (Å²) < 4.78 is 26.5. The number of benzene rings is 2. The Hall–Kier alpha value is -2.69. The van der Waals surface area contributed by atoms with Crippen molar-refractivity contribution in [1.29, 1.82) is 0 Å². The van der Waals surface area contributed by atoms with E-state index in [2.05, 4.69) is 10.3 Å². The standard InChI is InChI=1S/C15H11F2N3/c16-9-3-4-13(11(17)8-9)20-14-6-5-12-10(15(14)18)2-1-7-19-12/h1-8,20H,18H2. The maximum Gasteiger partial charge on any atom is 0.149 e. The van der Waals surface area contributed by atoms with Gasteiger partial charge < -0.3 is 11.1 Å². The lowest BCUT2D eigenvalue weighted by molar-refractivity contribution is 0.586. The first-order valence-corrected chi connectivity index (χ1v) is 6.00. The summed E-state index contributed by atoms with van der Waals surface area (Å²) in [4.78, 5) is 4.19. The van der Waals surface area contributed by atoms with E-state index in [0.717, 1.165) is 17.0 Å². The molecular formula is C15H11F2N3. The molecule has 0 aliphatic carbocycles. The van der Waals surface area contributed by atoms with Gasteiger partial charge in [0.25, 0.3) is 0 Å². The van der Waals surface area contributed by atoms with Gasteiger partial charge in [0.2, 0.25) is 0 Å². The van der Waals surface area contributed by atoms with Crippen molar-refractivity contribution in [3.8, 4) is 0 Å². The lowest BCUT2D eigenvalue weighted by atomic mass is 10.1. The van der Waals surface area contributed by atoms with Crippen molar-refractivity contribution in [2.75, 3.05) is 11.1 Å². The summed E-state index contributed by atoms with van der Waals surface area (Å²) in [6, 6.07) is 10.5. The lowest BCUT2D eigenvalue weighted by Crippen LogP contribution is -1.99. The summed E-state index contributed by atoms with van der Waals surface area (Å²) in [5.41, 5.74) is 8.00. The van der Waals surface area contributed by atoms with Gasteiger partial charge in [0, 0.05) is 17.6 Å². The van der Waals surface area contributed by atoms with Crippen molar-refractivity contribution in [2.45, 2.75) is 0 Å². The van der Waals surface area contributed by atoms with Gasteiger partial charge in [-0.05, 0) is 36.4 Å². The Morgan fingerprint density at radius 3 is 2.60 bits per heavy atom. The molecule has 0 radical (unpaired) electrons. The van der Waals surface area contributed by atoms with Crippen molar-refractivity contribution >= 4 is 28.0 Å². The van der Waals surface area contributed by atoms with Crippen LogP contribution in [0.5, 0.6) is 0 Å². The van der Waals surface area contributed by atoms with Crippen molar-refractivity contribution in [1.82, 2.24) is 4.98 Å². The molecule has 0 fully saturated rings. The molecule has 0 unspecified atom stereocenters. The number of nitrogens with two attached hydrogens (primary N) is 1. The Kier molecular flexibility index (Phi) is 2.95. The Morgan fingerprint density at radius 2 is 1.80 bits per heavy atom. The third-order valence-corrected chi connectivity index (χ3v) is 3.03. The molecule has 5 heteroatoms. The van der Waals surface area contributed by atoms with Crippen LogP contribution < -0.4 is 11.1 Å². The van der Waals surface area contributed by atoms with Gasteiger partial charge in [-0.25, -0.2) is 8.78 Å². The number of aromatic nitrogens is 1. The fourth-order valence-corrected chi connectivity index (χ4v) is 2.02. The first kappa shape index (κ1) is 12.3. The second-order valence-electron chi connectivity index (χ2n) is 4.35. The molecule has 0 amide bonds. The minimum atomic E-state index is -0.671. The van der Waals surface area contributed by atoms with Crippen LogP contribution in [0.2, 0.25) is 0 Å². The molecule has 0 atom stereocenters. The Bertz CT molecular complexity index is 787. The minimum absolute atomic E-state index is 0.168. The fraction of sp³-hybridized carbons (Fsp3) is 0. The summed E-state index contributed by atoms with van der Waals surface area (Å²) >= 11 is 0. The van der Waals surface area contributed by atoms with E-state index in [1.54, 1.807) is 24.4 Å². The second kappa shape index (κ2) is 4.77. The molecule has 100 valence electrons. The van der Waals surface area contributed by atoms with Gasteiger partial charge in [-0.2, -0.15) is 0 Å². The van der Waals surface area contributed by atoms with E-state index >= 15 is 0 Å². The highest BCUT2D eigenvalue weighted by Crippen LogP contribution is 2.30. The van der Waals surface area contributed by atoms with Crippen LogP contribution in [0.4, 0.5) is 25.8 Å². The minimum Gasteiger partial charge on any atom is -0.396 e. The van der Waals surface area contributed by atoms with Crippen molar-refractivity contribution in [2.24, 2.45) is 0 Å². The van der Waals surface area contributed by atoms with Gasteiger partial charge in [-0.15, -0.1) is 0 Å². The van der Waals surface area contributed by atoms with Gasteiger partial charge in [-0.1, -0.05) is 0 Å². The molecule has 20 heavy (non-hydrogen) atoms. The molecule has 0 saturated heterocycles. The largest absolute Gasteiger partial charge is 0.396 e. The number of halogens is 2. The number of nitrogen functional groups attached to an aromatic ring is 1. The molecule has 3 N–H and O–H groups in total. The fourth-order valence-electron chi connectivity index (χ4n) is 2.02.